The van der Waals surface area contributed by atoms with E-state index in [1.54, 1.807) is 11.3 Å². The molecule has 4 heteroatoms. The maximum Gasteiger partial charge on any atom is 0.0931 e. The summed E-state index contributed by atoms with van der Waals surface area (Å²) in [5.41, 5.74) is 0. The molecule has 1 fully saturated rings. The third-order valence-corrected chi connectivity index (χ3v) is 3.66. The molecule has 2 rings (SSSR count). The molecule has 0 amide bonds. The molecule has 1 aromatic rings. The van der Waals surface area contributed by atoms with Crippen LogP contribution in [0.5, 0.6) is 0 Å². The molecule has 2 nitrogen and oxygen atoms in total. The topological polar surface area (TPSA) is 15.3 Å². The summed E-state index contributed by atoms with van der Waals surface area (Å²) in [6.45, 7) is 3.28. The third-order valence-electron chi connectivity index (χ3n) is 2.32. The first kappa shape index (κ1) is 9.46. The van der Waals surface area contributed by atoms with Gasteiger partial charge in [-0.1, -0.05) is 11.6 Å². The van der Waals surface area contributed by atoms with Crippen LogP contribution in [0.2, 0.25) is 4.34 Å². The smallest absolute Gasteiger partial charge is 0.0931 e. The fraction of sp³-hybridized carbons (Fsp3) is 0.556. The van der Waals surface area contributed by atoms with Gasteiger partial charge >= 0.3 is 0 Å². The molecule has 1 saturated heterocycles. The van der Waals surface area contributed by atoms with Crippen molar-refractivity contribution < 1.29 is 0 Å². The van der Waals surface area contributed by atoms with Gasteiger partial charge in [0, 0.05) is 24.5 Å². The average Bonchev–Trinajstić information content (AvgIpc) is 2.52. The number of piperazine rings is 1. The molecule has 0 saturated carbocycles. The number of halogens is 1. The number of likely N-dealkylation sites (N-methyl/N-ethyl adjacent to an activating group) is 1. The van der Waals surface area contributed by atoms with Gasteiger partial charge in [0.1, 0.15) is 0 Å². The van der Waals surface area contributed by atoms with Crippen LogP contribution in [-0.4, -0.2) is 31.6 Å². The summed E-state index contributed by atoms with van der Waals surface area (Å²) in [4.78, 5) is 3.69. The quantitative estimate of drug-likeness (QED) is 0.773. The SMILES string of the molecule is CN1CCNC(c2ccc(Cl)s2)C1. The predicted octanol–water partition coefficient (Wildman–Crippen LogP) is 1.98. The highest BCUT2D eigenvalue weighted by atomic mass is 35.5. The van der Waals surface area contributed by atoms with Crippen LogP contribution in [0.3, 0.4) is 0 Å². The summed E-state index contributed by atoms with van der Waals surface area (Å²) >= 11 is 7.57. The fourth-order valence-electron chi connectivity index (χ4n) is 1.60. The fourth-order valence-corrected chi connectivity index (χ4v) is 2.73. The summed E-state index contributed by atoms with van der Waals surface area (Å²) < 4.78 is 0.880. The van der Waals surface area contributed by atoms with Crippen LogP contribution in [-0.2, 0) is 0 Å². The predicted molar refractivity (Wildman–Crippen MR) is 57.6 cm³/mol. The molecule has 1 aromatic heterocycles. The zero-order valence-corrected chi connectivity index (χ0v) is 9.16. The van der Waals surface area contributed by atoms with Crippen LogP contribution >= 0.6 is 22.9 Å². The summed E-state index contributed by atoms with van der Waals surface area (Å²) in [7, 11) is 2.16. The van der Waals surface area contributed by atoms with Gasteiger partial charge in [-0.3, -0.25) is 0 Å². The van der Waals surface area contributed by atoms with E-state index in [2.05, 4.69) is 23.3 Å². The molecule has 1 atom stereocenters. The molecule has 1 N–H and O–H groups in total. The lowest BCUT2D eigenvalue weighted by Crippen LogP contribution is -2.43. The zero-order chi connectivity index (χ0) is 9.26. The molecular formula is C9H13ClN2S. The second kappa shape index (κ2) is 3.96. The first-order valence-electron chi connectivity index (χ1n) is 4.43. The Balaban J connectivity index is 2.08. The molecule has 0 spiro atoms. The van der Waals surface area contributed by atoms with Crippen molar-refractivity contribution in [2.24, 2.45) is 0 Å². The molecular weight excluding hydrogens is 204 g/mol. The maximum atomic E-state index is 5.89. The second-order valence-corrected chi connectivity index (χ2v) is 5.16. The molecule has 0 bridgehead atoms. The highest BCUT2D eigenvalue weighted by Crippen LogP contribution is 2.27. The Morgan fingerprint density at radius 1 is 1.62 bits per heavy atom. The molecule has 0 aromatic carbocycles. The van der Waals surface area contributed by atoms with E-state index in [0.29, 0.717) is 6.04 Å². The van der Waals surface area contributed by atoms with Crippen molar-refractivity contribution in [2.75, 3.05) is 26.7 Å². The highest BCUT2D eigenvalue weighted by Gasteiger charge is 2.19. The van der Waals surface area contributed by atoms with E-state index in [1.165, 1.54) is 4.88 Å². The first-order chi connectivity index (χ1) is 6.25. The van der Waals surface area contributed by atoms with Gasteiger partial charge in [-0.2, -0.15) is 0 Å². The largest absolute Gasteiger partial charge is 0.307 e. The van der Waals surface area contributed by atoms with E-state index in [1.807, 2.05) is 6.07 Å². The van der Waals surface area contributed by atoms with Gasteiger partial charge in [0.25, 0.3) is 0 Å². The van der Waals surface area contributed by atoms with Gasteiger partial charge in [-0.05, 0) is 19.2 Å². The molecule has 72 valence electrons. The second-order valence-electron chi connectivity index (χ2n) is 3.41. The Hall–Kier alpha value is -0.0900. The number of nitrogens with one attached hydrogen (secondary N) is 1. The Kier molecular flexibility index (Phi) is 2.89. The van der Waals surface area contributed by atoms with Crippen molar-refractivity contribution in [3.8, 4) is 0 Å². The number of nitrogens with zero attached hydrogens (tertiary/aromatic N) is 1. The lowest BCUT2D eigenvalue weighted by molar-refractivity contribution is 0.243. The van der Waals surface area contributed by atoms with E-state index < -0.39 is 0 Å². The Labute approximate surface area is 87.5 Å². The van der Waals surface area contributed by atoms with Gasteiger partial charge in [0.15, 0.2) is 0 Å². The Bertz CT molecular complexity index is 287. The number of hydrogen-bond acceptors (Lipinski definition) is 3. The molecule has 1 aliphatic heterocycles. The van der Waals surface area contributed by atoms with Gasteiger partial charge in [0.05, 0.1) is 10.4 Å². The van der Waals surface area contributed by atoms with Gasteiger partial charge in [-0.15, -0.1) is 11.3 Å². The minimum atomic E-state index is 0.469. The van der Waals surface area contributed by atoms with Gasteiger partial charge in [-0.25, -0.2) is 0 Å². The van der Waals surface area contributed by atoms with Gasteiger partial charge < -0.3 is 10.2 Å². The van der Waals surface area contributed by atoms with E-state index >= 15 is 0 Å². The number of thiophene rings is 1. The molecule has 1 unspecified atom stereocenters. The summed E-state index contributed by atoms with van der Waals surface area (Å²) in [5.74, 6) is 0. The molecule has 13 heavy (non-hydrogen) atoms. The molecule has 1 aliphatic rings. The average molecular weight is 217 g/mol. The minimum Gasteiger partial charge on any atom is -0.307 e. The monoisotopic (exact) mass is 216 g/mol. The van der Waals surface area contributed by atoms with Gasteiger partial charge in [0.2, 0.25) is 0 Å². The maximum absolute atomic E-state index is 5.89. The van der Waals surface area contributed by atoms with E-state index in [4.69, 9.17) is 11.6 Å². The minimum absolute atomic E-state index is 0.469. The Morgan fingerprint density at radius 2 is 2.46 bits per heavy atom. The van der Waals surface area contributed by atoms with Crippen LogP contribution in [0.1, 0.15) is 10.9 Å². The lowest BCUT2D eigenvalue weighted by atomic mass is 10.2. The highest BCUT2D eigenvalue weighted by molar-refractivity contribution is 7.16. The lowest BCUT2D eigenvalue weighted by Gasteiger charge is -2.30. The van der Waals surface area contributed by atoms with Crippen molar-refractivity contribution in [2.45, 2.75) is 6.04 Å². The van der Waals surface area contributed by atoms with E-state index in [-0.39, 0.29) is 0 Å². The molecule has 0 radical (unpaired) electrons. The van der Waals surface area contributed by atoms with Crippen LogP contribution in [0.15, 0.2) is 12.1 Å². The van der Waals surface area contributed by atoms with Crippen LogP contribution < -0.4 is 5.32 Å². The molecule has 2 heterocycles. The zero-order valence-electron chi connectivity index (χ0n) is 7.59. The van der Waals surface area contributed by atoms with Crippen molar-refractivity contribution in [1.29, 1.82) is 0 Å². The van der Waals surface area contributed by atoms with Crippen LogP contribution in [0.25, 0.3) is 0 Å². The standard InChI is InChI=1S/C9H13ClN2S/c1-12-5-4-11-7(6-12)8-2-3-9(10)13-8/h2-3,7,11H,4-6H2,1H3. The summed E-state index contributed by atoms with van der Waals surface area (Å²) in [6, 6.07) is 4.55. The Morgan fingerprint density at radius 3 is 3.08 bits per heavy atom. The van der Waals surface area contributed by atoms with E-state index in [9.17, 15) is 0 Å². The molecule has 0 aliphatic carbocycles. The number of rotatable bonds is 1. The normalized spacial score (nSPS) is 24.9. The number of hydrogen-bond donors (Lipinski definition) is 1. The third kappa shape index (κ3) is 2.23. The summed E-state index contributed by atoms with van der Waals surface area (Å²) in [5, 5.41) is 3.49. The van der Waals surface area contributed by atoms with Crippen molar-refractivity contribution in [3.05, 3.63) is 21.3 Å². The van der Waals surface area contributed by atoms with Crippen molar-refractivity contribution >= 4 is 22.9 Å². The summed E-state index contributed by atoms with van der Waals surface area (Å²) in [6.07, 6.45) is 0. The van der Waals surface area contributed by atoms with Crippen molar-refractivity contribution in [3.63, 3.8) is 0 Å². The first-order valence-corrected chi connectivity index (χ1v) is 5.62. The van der Waals surface area contributed by atoms with E-state index in [0.717, 1.165) is 24.0 Å². The van der Waals surface area contributed by atoms with Crippen LogP contribution in [0, 0.1) is 0 Å². The van der Waals surface area contributed by atoms with Crippen molar-refractivity contribution in [1.82, 2.24) is 10.2 Å². The van der Waals surface area contributed by atoms with Crippen LogP contribution in [0.4, 0.5) is 0 Å².